The maximum atomic E-state index is 5.62. The van der Waals surface area contributed by atoms with Gasteiger partial charge in [-0.1, -0.05) is 6.92 Å². The van der Waals surface area contributed by atoms with Gasteiger partial charge in [-0.2, -0.15) is 5.10 Å². The van der Waals surface area contributed by atoms with Gasteiger partial charge in [0.05, 0.1) is 36.2 Å². The molecule has 2 aromatic heterocycles. The molecule has 1 aliphatic heterocycles. The van der Waals surface area contributed by atoms with Gasteiger partial charge in [0, 0.05) is 48.9 Å². The Balaban J connectivity index is 1.58. The smallest absolute Gasteiger partial charge is 0.231 e. The van der Waals surface area contributed by atoms with Crippen LogP contribution in [0.5, 0.6) is 17.2 Å². The van der Waals surface area contributed by atoms with Gasteiger partial charge in [0.25, 0.3) is 0 Å². The molecule has 2 aromatic carbocycles. The Morgan fingerprint density at radius 2 is 2.00 bits per heavy atom. The second-order valence-corrected chi connectivity index (χ2v) is 7.36. The fourth-order valence-electron chi connectivity index (χ4n) is 3.76. The van der Waals surface area contributed by atoms with Crippen molar-refractivity contribution >= 4 is 22.4 Å². The third-order valence-corrected chi connectivity index (χ3v) is 5.24. The minimum atomic E-state index is 0.200. The van der Waals surface area contributed by atoms with E-state index in [1.165, 1.54) is 0 Å². The van der Waals surface area contributed by atoms with Crippen LogP contribution in [0.3, 0.4) is 0 Å². The number of fused-ring (bicyclic) bond motifs is 2. The highest BCUT2D eigenvalue weighted by Crippen LogP contribution is 2.45. The maximum absolute atomic E-state index is 5.62. The van der Waals surface area contributed by atoms with Crippen molar-refractivity contribution in [2.75, 3.05) is 25.3 Å². The van der Waals surface area contributed by atoms with Gasteiger partial charge in [-0.25, -0.2) is 4.98 Å². The van der Waals surface area contributed by atoms with E-state index in [0.29, 0.717) is 17.2 Å². The minimum Gasteiger partial charge on any atom is -0.493 e. The summed E-state index contributed by atoms with van der Waals surface area (Å²) in [5, 5.41) is 4.23. The molecule has 0 aliphatic carbocycles. The van der Waals surface area contributed by atoms with Gasteiger partial charge in [-0.05, 0) is 24.6 Å². The molecule has 0 saturated carbocycles. The van der Waals surface area contributed by atoms with Gasteiger partial charge in [0.1, 0.15) is 0 Å². The molecule has 158 valence electrons. The maximum Gasteiger partial charge on any atom is 0.231 e. The molecule has 1 aliphatic rings. The van der Waals surface area contributed by atoms with Crippen molar-refractivity contribution in [3.63, 3.8) is 0 Å². The SMILES string of the molecule is CCCN(c1cc(OC)c2c(c1)OCO2)c1ccc2ncc(-c3cnn(C)c3)nc2c1. The average Bonchev–Trinajstić information content (AvgIpc) is 3.45. The van der Waals surface area contributed by atoms with E-state index >= 15 is 0 Å². The zero-order valence-electron chi connectivity index (χ0n) is 17.7. The van der Waals surface area contributed by atoms with Crippen LogP contribution in [0.25, 0.3) is 22.3 Å². The second-order valence-electron chi connectivity index (χ2n) is 7.36. The molecular weight excluding hydrogens is 394 g/mol. The predicted octanol–water partition coefficient (Wildman–Crippen LogP) is 4.32. The van der Waals surface area contributed by atoms with Crippen LogP contribution in [-0.2, 0) is 7.05 Å². The third kappa shape index (κ3) is 3.50. The van der Waals surface area contributed by atoms with Crippen molar-refractivity contribution in [1.29, 1.82) is 0 Å². The topological polar surface area (TPSA) is 74.5 Å². The largest absolute Gasteiger partial charge is 0.493 e. The molecule has 0 bridgehead atoms. The van der Waals surface area contributed by atoms with Crippen LogP contribution in [0.4, 0.5) is 11.4 Å². The van der Waals surface area contributed by atoms with Crippen LogP contribution in [0, 0.1) is 0 Å². The molecule has 0 saturated heterocycles. The van der Waals surface area contributed by atoms with E-state index in [1.54, 1.807) is 24.2 Å². The molecule has 0 N–H and O–H groups in total. The van der Waals surface area contributed by atoms with Crippen molar-refractivity contribution in [2.24, 2.45) is 7.05 Å². The van der Waals surface area contributed by atoms with E-state index in [2.05, 4.69) is 34.0 Å². The van der Waals surface area contributed by atoms with Crippen molar-refractivity contribution in [1.82, 2.24) is 19.7 Å². The number of nitrogens with zero attached hydrogens (tertiary/aromatic N) is 5. The number of anilines is 2. The van der Waals surface area contributed by atoms with E-state index in [4.69, 9.17) is 19.2 Å². The summed E-state index contributed by atoms with van der Waals surface area (Å²) >= 11 is 0. The number of aromatic nitrogens is 4. The molecule has 0 radical (unpaired) electrons. The van der Waals surface area contributed by atoms with Crippen molar-refractivity contribution in [3.05, 3.63) is 48.9 Å². The van der Waals surface area contributed by atoms with Crippen LogP contribution in [0.2, 0.25) is 0 Å². The molecule has 0 atom stereocenters. The Labute approximate surface area is 180 Å². The van der Waals surface area contributed by atoms with E-state index < -0.39 is 0 Å². The summed E-state index contributed by atoms with van der Waals surface area (Å²) in [5.74, 6) is 1.99. The Kier molecular flexibility index (Phi) is 4.82. The number of rotatable bonds is 6. The van der Waals surface area contributed by atoms with Crippen LogP contribution < -0.4 is 19.1 Å². The number of benzene rings is 2. The molecule has 5 rings (SSSR count). The molecule has 31 heavy (non-hydrogen) atoms. The molecule has 8 nitrogen and oxygen atoms in total. The van der Waals surface area contributed by atoms with Gasteiger partial charge < -0.3 is 19.1 Å². The monoisotopic (exact) mass is 417 g/mol. The van der Waals surface area contributed by atoms with Crippen LogP contribution in [-0.4, -0.2) is 40.2 Å². The quantitative estimate of drug-likeness (QED) is 0.463. The summed E-state index contributed by atoms with van der Waals surface area (Å²) in [4.78, 5) is 11.6. The lowest BCUT2D eigenvalue weighted by molar-refractivity contribution is 0.171. The zero-order valence-corrected chi connectivity index (χ0v) is 17.7. The number of hydrogen-bond donors (Lipinski definition) is 0. The predicted molar refractivity (Wildman–Crippen MR) is 118 cm³/mol. The molecular formula is C23H23N5O3. The summed E-state index contributed by atoms with van der Waals surface area (Å²) in [6, 6.07) is 10.1. The Morgan fingerprint density at radius 3 is 2.77 bits per heavy atom. The molecule has 0 amide bonds. The van der Waals surface area contributed by atoms with Gasteiger partial charge in [-0.3, -0.25) is 9.67 Å². The van der Waals surface area contributed by atoms with Crippen LogP contribution in [0.15, 0.2) is 48.9 Å². The number of aryl methyl sites for hydroxylation is 1. The van der Waals surface area contributed by atoms with Crippen LogP contribution in [0.1, 0.15) is 13.3 Å². The summed E-state index contributed by atoms with van der Waals surface area (Å²) in [6.07, 6.45) is 6.48. The highest BCUT2D eigenvalue weighted by atomic mass is 16.7. The fraction of sp³-hybridized carbons (Fsp3) is 0.261. The first-order chi connectivity index (χ1) is 15.2. The van der Waals surface area contributed by atoms with Crippen molar-refractivity contribution in [2.45, 2.75) is 13.3 Å². The van der Waals surface area contributed by atoms with Gasteiger partial charge in [0.15, 0.2) is 11.5 Å². The first kappa shape index (κ1) is 19.2. The third-order valence-electron chi connectivity index (χ3n) is 5.24. The number of methoxy groups -OCH3 is 1. The zero-order chi connectivity index (χ0) is 21.4. The summed E-state index contributed by atoms with van der Waals surface area (Å²) < 4.78 is 18.5. The van der Waals surface area contributed by atoms with Crippen LogP contribution >= 0.6 is 0 Å². The van der Waals surface area contributed by atoms with Crippen molar-refractivity contribution in [3.8, 4) is 28.5 Å². The second kappa shape index (κ2) is 7.79. The Hall–Kier alpha value is -3.81. The van der Waals surface area contributed by atoms with Gasteiger partial charge in [-0.15, -0.1) is 0 Å². The fourth-order valence-corrected chi connectivity index (χ4v) is 3.76. The van der Waals surface area contributed by atoms with Gasteiger partial charge >= 0.3 is 0 Å². The minimum absolute atomic E-state index is 0.200. The molecule has 0 unspecified atom stereocenters. The van der Waals surface area contributed by atoms with E-state index in [-0.39, 0.29) is 6.79 Å². The summed E-state index contributed by atoms with van der Waals surface area (Å²) in [7, 11) is 3.52. The Morgan fingerprint density at radius 1 is 1.10 bits per heavy atom. The normalized spacial score (nSPS) is 12.4. The Bertz CT molecular complexity index is 1250. The highest BCUT2D eigenvalue weighted by molar-refractivity contribution is 5.83. The van der Waals surface area contributed by atoms with E-state index in [9.17, 15) is 0 Å². The number of hydrogen-bond acceptors (Lipinski definition) is 7. The standard InChI is InChI=1S/C23H23N5O3/c1-4-7-28(17-9-21(29-3)23-22(10-17)30-14-31-23)16-5-6-18-19(8-16)26-20(12-24-18)15-11-25-27(2)13-15/h5-6,8-13H,4,7,14H2,1-3H3. The lowest BCUT2D eigenvalue weighted by Crippen LogP contribution is -2.18. The van der Waals surface area contributed by atoms with E-state index in [1.807, 2.05) is 31.4 Å². The molecule has 4 aromatic rings. The highest BCUT2D eigenvalue weighted by Gasteiger charge is 2.22. The van der Waals surface area contributed by atoms with Gasteiger partial charge in [0.2, 0.25) is 12.5 Å². The average molecular weight is 417 g/mol. The lowest BCUT2D eigenvalue weighted by atomic mass is 10.1. The first-order valence-electron chi connectivity index (χ1n) is 10.2. The summed E-state index contributed by atoms with van der Waals surface area (Å²) in [5.41, 5.74) is 5.40. The number of ether oxygens (including phenoxy) is 3. The molecule has 3 heterocycles. The molecule has 0 fully saturated rings. The first-order valence-corrected chi connectivity index (χ1v) is 10.2. The molecule has 0 spiro atoms. The van der Waals surface area contributed by atoms with Crippen molar-refractivity contribution < 1.29 is 14.2 Å². The van der Waals surface area contributed by atoms with E-state index in [0.717, 1.165) is 46.6 Å². The molecule has 8 heteroatoms. The summed E-state index contributed by atoms with van der Waals surface area (Å²) in [6.45, 7) is 3.17. The lowest BCUT2D eigenvalue weighted by Gasteiger charge is -2.25.